The van der Waals surface area contributed by atoms with Crippen LogP contribution in [0.25, 0.3) is 0 Å². The lowest BCUT2D eigenvalue weighted by Crippen LogP contribution is -2.27. The van der Waals surface area contributed by atoms with Crippen molar-refractivity contribution in [2.75, 3.05) is 23.7 Å². The smallest absolute Gasteiger partial charge is 0.398 e. The molecule has 0 heterocycles. The number of anilines is 2. The van der Waals surface area contributed by atoms with Crippen molar-refractivity contribution in [3.05, 3.63) is 23.8 Å². The van der Waals surface area contributed by atoms with E-state index in [9.17, 15) is 13.2 Å². The van der Waals surface area contributed by atoms with E-state index in [2.05, 4.69) is 0 Å². The van der Waals surface area contributed by atoms with Gasteiger partial charge in [-0.05, 0) is 31.0 Å². The number of nitrogens with two attached hydrogens (primary N) is 1. The van der Waals surface area contributed by atoms with Crippen LogP contribution in [0.2, 0.25) is 0 Å². The van der Waals surface area contributed by atoms with Crippen molar-refractivity contribution in [2.24, 2.45) is 5.92 Å². The molecule has 102 valence electrons. The van der Waals surface area contributed by atoms with E-state index in [1.54, 1.807) is 6.07 Å². The molecular formula is C13H19F3N2. The van der Waals surface area contributed by atoms with Crippen LogP contribution in [0, 0.1) is 5.92 Å². The highest BCUT2D eigenvalue weighted by Crippen LogP contribution is 2.36. The second-order valence-corrected chi connectivity index (χ2v) is 4.70. The summed E-state index contributed by atoms with van der Waals surface area (Å²) < 4.78 is 38.3. The first-order valence-electron chi connectivity index (χ1n) is 5.97. The lowest BCUT2D eigenvalue weighted by Gasteiger charge is -2.26. The Labute approximate surface area is 106 Å². The number of benzene rings is 1. The second kappa shape index (κ2) is 5.50. The Balaban J connectivity index is 3.10. The highest BCUT2D eigenvalue weighted by Gasteiger charge is 2.33. The summed E-state index contributed by atoms with van der Waals surface area (Å²) >= 11 is 0. The van der Waals surface area contributed by atoms with Gasteiger partial charge in [0.25, 0.3) is 0 Å². The van der Waals surface area contributed by atoms with E-state index in [-0.39, 0.29) is 5.69 Å². The number of rotatable bonds is 4. The molecular weight excluding hydrogens is 241 g/mol. The van der Waals surface area contributed by atoms with E-state index in [4.69, 9.17) is 5.73 Å². The molecule has 1 rings (SSSR count). The van der Waals surface area contributed by atoms with Crippen molar-refractivity contribution < 1.29 is 13.2 Å². The molecule has 0 aliphatic heterocycles. The van der Waals surface area contributed by atoms with Crippen molar-refractivity contribution in [1.29, 1.82) is 0 Å². The zero-order chi connectivity index (χ0) is 13.9. The lowest BCUT2D eigenvalue weighted by molar-refractivity contribution is -0.136. The van der Waals surface area contributed by atoms with Crippen LogP contribution in [0.1, 0.15) is 26.3 Å². The van der Waals surface area contributed by atoms with Crippen molar-refractivity contribution in [1.82, 2.24) is 0 Å². The van der Waals surface area contributed by atoms with Crippen LogP contribution in [0.5, 0.6) is 0 Å². The summed E-state index contributed by atoms with van der Waals surface area (Å²) in [5, 5.41) is 0. The molecule has 0 atom stereocenters. The molecule has 2 nitrogen and oxygen atoms in total. The number of alkyl halides is 3. The first kappa shape index (κ1) is 14.7. The predicted molar refractivity (Wildman–Crippen MR) is 68.6 cm³/mol. The second-order valence-electron chi connectivity index (χ2n) is 4.70. The third-order valence-corrected chi connectivity index (χ3v) is 2.67. The molecule has 1 aromatic rings. The van der Waals surface area contributed by atoms with Crippen LogP contribution in [-0.2, 0) is 6.18 Å². The molecule has 0 aromatic heterocycles. The maximum absolute atomic E-state index is 12.8. The van der Waals surface area contributed by atoms with E-state index in [1.165, 1.54) is 6.07 Å². The quantitative estimate of drug-likeness (QED) is 0.835. The Bertz CT molecular complexity index is 400. The summed E-state index contributed by atoms with van der Waals surface area (Å²) in [6.45, 7) is 7.37. The SMILES string of the molecule is CCN(CC(C)C)c1ccc(N)c(C(F)(F)F)c1. The molecule has 0 unspecified atom stereocenters. The molecule has 0 spiro atoms. The van der Waals surface area contributed by atoms with Gasteiger partial charge < -0.3 is 10.6 Å². The molecule has 18 heavy (non-hydrogen) atoms. The summed E-state index contributed by atoms with van der Waals surface area (Å²) in [6, 6.07) is 4.08. The van der Waals surface area contributed by atoms with Gasteiger partial charge in [-0.2, -0.15) is 13.2 Å². The van der Waals surface area contributed by atoms with Gasteiger partial charge in [0.1, 0.15) is 0 Å². The molecule has 0 amide bonds. The van der Waals surface area contributed by atoms with Crippen molar-refractivity contribution in [3.8, 4) is 0 Å². The van der Waals surface area contributed by atoms with Gasteiger partial charge in [0.15, 0.2) is 0 Å². The number of nitrogen functional groups attached to an aromatic ring is 1. The largest absolute Gasteiger partial charge is 0.418 e. The van der Waals surface area contributed by atoms with Crippen LogP contribution in [0.4, 0.5) is 24.5 Å². The fraction of sp³-hybridized carbons (Fsp3) is 0.538. The number of halogens is 3. The zero-order valence-corrected chi connectivity index (χ0v) is 10.9. The molecule has 0 saturated carbocycles. The van der Waals surface area contributed by atoms with Gasteiger partial charge >= 0.3 is 6.18 Å². The Morgan fingerprint density at radius 1 is 1.28 bits per heavy atom. The predicted octanol–water partition coefficient (Wildman–Crippen LogP) is 3.77. The van der Waals surface area contributed by atoms with Crippen LogP contribution < -0.4 is 10.6 Å². The van der Waals surface area contributed by atoms with Gasteiger partial charge in [-0.25, -0.2) is 0 Å². The molecule has 2 N–H and O–H groups in total. The zero-order valence-electron chi connectivity index (χ0n) is 10.9. The molecule has 1 aromatic carbocycles. The normalized spacial score (nSPS) is 11.9. The summed E-state index contributed by atoms with van der Waals surface area (Å²) in [7, 11) is 0. The maximum atomic E-state index is 12.8. The van der Waals surface area contributed by atoms with E-state index in [1.807, 2.05) is 25.7 Å². The third-order valence-electron chi connectivity index (χ3n) is 2.67. The molecule has 0 aliphatic carbocycles. The van der Waals surface area contributed by atoms with E-state index >= 15 is 0 Å². The van der Waals surface area contributed by atoms with Gasteiger partial charge in [-0.15, -0.1) is 0 Å². The minimum atomic E-state index is -4.41. The average molecular weight is 260 g/mol. The fourth-order valence-corrected chi connectivity index (χ4v) is 1.84. The summed E-state index contributed by atoms with van der Waals surface area (Å²) in [5.74, 6) is 0.386. The first-order valence-corrected chi connectivity index (χ1v) is 5.97. The standard InChI is InChI=1S/C13H19F3N2/c1-4-18(8-9(2)3)10-5-6-12(17)11(7-10)13(14,15)16/h5-7,9H,4,8,17H2,1-3H3. The number of nitrogens with zero attached hydrogens (tertiary/aromatic N) is 1. The average Bonchev–Trinajstić information content (AvgIpc) is 2.25. The molecule has 0 bridgehead atoms. The molecule has 5 heteroatoms. The van der Waals surface area contributed by atoms with Gasteiger partial charge in [-0.3, -0.25) is 0 Å². The third kappa shape index (κ3) is 3.55. The fourth-order valence-electron chi connectivity index (χ4n) is 1.84. The van der Waals surface area contributed by atoms with Gasteiger partial charge in [-0.1, -0.05) is 13.8 Å². The summed E-state index contributed by atoms with van der Waals surface area (Å²) in [5.41, 5.74) is 4.95. The van der Waals surface area contributed by atoms with E-state index < -0.39 is 11.7 Å². The molecule has 0 saturated heterocycles. The Hall–Kier alpha value is -1.39. The Morgan fingerprint density at radius 2 is 1.89 bits per heavy atom. The Kier molecular flexibility index (Phi) is 4.48. The summed E-state index contributed by atoms with van der Waals surface area (Å²) in [6.07, 6.45) is -4.41. The minimum absolute atomic E-state index is 0.230. The summed E-state index contributed by atoms with van der Waals surface area (Å²) in [4.78, 5) is 1.92. The molecule has 0 radical (unpaired) electrons. The van der Waals surface area contributed by atoms with Crippen molar-refractivity contribution >= 4 is 11.4 Å². The lowest BCUT2D eigenvalue weighted by atomic mass is 10.1. The van der Waals surface area contributed by atoms with E-state index in [0.717, 1.165) is 12.6 Å². The highest BCUT2D eigenvalue weighted by atomic mass is 19.4. The topological polar surface area (TPSA) is 29.3 Å². The minimum Gasteiger partial charge on any atom is -0.398 e. The van der Waals surface area contributed by atoms with Gasteiger partial charge in [0.2, 0.25) is 0 Å². The van der Waals surface area contributed by atoms with Crippen LogP contribution >= 0.6 is 0 Å². The first-order chi connectivity index (χ1) is 8.25. The van der Waals surface area contributed by atoms with Crippen LogP contribution in [0.3, 0.4) is 0 Å². The molecule has 0 fully saturated rings. The van der Waals surface area contributed by atoms with Crippen LogP contribution in [0.15, 0.2) is 18.2 Å². The van der Waals surface area contributed by atoms with Crippen molar-refractivity contribution in [2.45, 2.75) is 26.9 Å². The van der Waals surface area contributed by atoms with Crippen LogP contribution in [-0.4, -0.2) is 13.1 Å². The monoisotopic (exact) mass is 260 g/mol. The maximum Gasteiger partial charge on any atom is 0.418 e. The molecule has 0 aliphatic rings. The number of hydrogen-bond acceptors (Lipinski definition) is 2. The number of hydrogen-bond donors (Lipinski definition) is 1. The van der Waals surface area contributed by atoms with Gasteiger partial charge in [0, 0.05) is 24.5 Å². The highest BCUT2D eigenvalue weighted by molar-refractivity contribution is 5.59. The Morgan fingerprint density at radius 3 is 2.33 bits per heavy atom. The van der Waals surface area contributed by atoms with Gasteiger partial charge in [0.05, 0.1) is 5.56 Å². The van der Waals surface area contributed by atoms with Crippen molar-refractivity contribution in [3.63, 3.8) is 0 Å². The van der Waals surface area contributed by atoms with E-state index in [0.29, 0.717) is 18.2 Å².